The van der Waals surface area contributed by atoms with Crippen molar-refractivity contribution in [2.45, 2.75) is 20.0 Å². The topological polar surface area (TPSA) is 59.6 Å². The van der Waals surface area contributed by atoms with Crippen LogP contribution in [0, 0.1) is 6.92 Å². The van der Waals surface area contributed by atoms with Crippen LogP contribution in [0.1, 0.15) is 12.5 Å². The molecule has 19 heavy (non-hydrogen) atoms. The quantitative estimate of drug-likeness (QED) is 0.861. The van der Waals surface area contributed by atoms with Gasteiger partial charge in [-0.3, -0.25) is 4.79 Å². The lowest BCUT2D eigenvalue weighted by atomic mass is 10.2. The third kappa shape index (κ3) is 3.68. The molecule has 1 heterocycles. The van der Waals surface area contributed by atoms with E-state index < -0.39 is 6.10 Å². The van der Waals surface area contributed by atoms with Crippen molar-refractivity contribution < 1.29 is 14.3 Å². The molecule has 5 nitrogen and oxygen atoms in total. The lowest BCUT2D eigenvalue weighted by molar-refractivity contribution is -0.128. The Labute approximate surface area is 113 Å². The Hall–Kier alpha value is -1.59. The summed E-state index contributed by atoms with van der Waals surface area (Å²) in [4.78, 5) is 12.1. The summed E-state index contributed by atoms with van der Waals surface area (Å²) >= 11 is 0. The molecule has 0 bridgehead atoms. The number of hydrogen-bond donors (Lipinski definition) is 2. The van der Waals surface area contributed by atoms with Gasteiger partial charge in [-0.2, -0.15) is 0 Å². The summed E-state index contributed by atoms with van der Waals surface area (Å²) in [5.41, 5.74) is 1.78. The number of aryl methyl sites for hydroxylation is 1. The molecule has 1 aliphatic rings. The Morgan fingerprint density at radius 3 is 3.11 bits per heavy atom. The van der Waals surface area contributed by atoms with Crippen LogP contribution in [0.4, 0.5) is 5.69 Å². The van der Waals surface area contributed by atoms with E-state index in [4.69, 9.17) is 9.47 Å². The van der Waals surface area contributed by atoms with Crippen LogP contribution in [-0.2, 0) is 9.53 Å². The van der Waals surface area contributed by atoms with Gasteiger partial charge in [0.15, 0.2) is 0 Å². The molecule has 0 saturated carbocycles. The third-order valence-electron chi connectivity index (χ3n) is 2.91. The molecule has 1 amide bonds. The fourth-order valence-corrected chi connectivity index (χ4v) is 1.95. The molecule has 1 aromatic rings. The van der Waals surface area contributed by atoms with Gasteiger partial charge in [0, 0.05) is 13.1 Å². The van der Waals surface area contributed by atoms with Gasteiger partial charge in [0.1, 0.15) is 11.9 Å². The van der Waals surface area contributed by atoms with Gasteiger partial charge in [-0.25, -0.2) is 0 Å². The number of carbonyl (C=O) groups is 1. The Balaban J connectivity index is 2.06. The molecule has 5 heteroatoms. The van der Waals surface area contributed by atoms with E-state index in [1.54, 1.807) is 0 Å². The highest BCUT2D eigenvalue weighted by atomic mass is 16.5. The summed E-state index contributed by atoms with van der Waals surface area (Å²) in [5.74, 6) is 0.552. The number of nitrogens with one attached hydrogen (secondary N) is 2. The van der Waals surface area contributed by atoms with Crippen molar-refractivity contribution >= 4 is 11.6 Å². The van der Waals surface area contributed by atoms with Crippen LogP contribution in [0.15, 0.2) is 18.2 Å². The minimum absolute atomic E-state index is 0.142. The number of anilines is 1. The van der Waals surface area contributed by atoms with Crippen molar-refractivity contribution in [3.8, 4) is 5.75 Å². The normalized spacial score (nSPS) is 18.9. The van der Waals surface area contributed by atoms with E-state index in [9.17, 15) is 4.79 Å². The molecule has 1 unspecified atom stereocenters. The van der Waals surface area contributed by atoms with Crippen molar-refractivity contribution in [3.05, 3.63) is 23.8 Å². The molecule has 1 atom stereocenters. The summed E-state index contributed by atoms with van der Waals surface area (Å²) in [5, 5.41) is 6.00. The van der Waals surface area contributed by atoms with Gasteiger partial charge in [0.2, 0.25) is 0 Å². The summed E-state index contributed by atoms with van der Waals surface area (Å²) < 4.78 is 11.0. The first kappa shape index (κ1) is 13.8. The van der Waals surface area contributed by atoms with E-state index in [1.165, 1.54) is 0 Å². The zero-order valence-electron chi connectivity index (χ0n) is 11.4. The number of rotatable bonds is 4. The molecule has 2 rings (SSSR count). The van der Waals surface area contributed by atoms with E-state index >= 15 is 0 Å². The standard InChI is InChI=1S/C14H20N2O3/c1-3-18-12-8-10(2)4-5-11(12)16-14(17)13-9-15-6-7-19-13/h4-5,8,13,15H,3,6-7,9H2,1-2H3,(H,16,17). The first-order valence-corrected chi connectivity index (χ1v) is 6.57. The van der Waals surface area contributed by atoms with Crippen LogP contribution in [0.3, 0.4) is 0 Å². The second kappa shape index (κ2) is 6.54. The lowest BCUT2D eigenvalue weighted by Gasteiger charge is -2.23. The maximum Gasteiger partial charge on any atom is 0.254 e. The fourth-order valence-electron chi connectivity index (χ4n) is 1.95. The Morgan fingerprint density at radius 2 is 2.42 bits per heavy atom. The molecule has 0 spiro atoms. The maximum atomic E-state index is 12.1. The van der Waals surface area contributed by atoms with Crippen LogP contribution in [-0.4, -0.2) is 38.3 Å². The largest absolute Gasteiger partial charge is 0.492 e. The van der Waals surface area contributed by atoms with Gasteiger partial charge < -0.3 is 20.1 Å². The van der Waals surface area contributed by atoms with E-state index in [-0.39, 0.29) is 5.91 Å². The minimum Gasteiger partial charge on any atom is -0.492 e. The van der Waals surface area contributed by atoms with Gasteiger partial charge in [-0.1, -0.05) is 6.07 Å². The number of hydrogen-bond acceptors (Lipinski definition) is 4. The monoisotopic (exact) mass is 264 g/mol. The van der Waals surface area contributed by atoms with Gasteiger partial charge in [-0.05, 0) is 31.5 Å². The zero-order valence-corrected chi connectivity index (χ0v) is 11.4. The Bertz CT molecular complexity index is 442. The molecule has 0 radical (unpaired) electrons. The smallest absolute Gasteiger partial charge is 0.254 e. The Morgan fingerprint density at radius 1 is 1.58 bits per heavy atom. The molecular weight excluding hydrogens is 244 g/mol. The van der Waals surface area contributed by atoms with Gasteiger partial charge in [0.25, 0.3) is 5.91 Å². The van der Waals surface area contributed by atoms with Crippen molar-refractivity contribution in [2.75, 3.05) is 31.6 Å². The molecule has 1 aromatic carbocycles. The summed E-state index contributed by atoms with van der Waals surface area (Å²) in [6, 6.07) is 5.71. The lowest BCUT2D eigenvalue weighted by Crippen LogP contribution is -2.45. The Kier molecular flexibility index (Phi) is 4.76. The summed E-state index contributed by atoms with van der Waals surface area (Å²) in [7, 11) is 0. The average Bonchev–Trinajstić information content (AvgIpc) is 2.43. The van der Waals surface area contributed by atoms with Gasteiger partial charge in [0.05, 0.1) is 18.9 Å². The molecule has 1 fully saturated rings. The first-order chi connectivity index (χ1) is 9.20. The highest BCUT2D eigenvalue weighted by Crippen LogP contribution is 2.26. The second-order valence-corrected chi connectivity index (χ2v) is 4.49. The first-order valence-electron chi connectivity index (χ1n) is 6.57. The van der Waals surface area contributed by atoms with Crippen molar-refractivity contribution in [2.24, 2.45) is 0 Å². The molecular formula is C14H20N2O3. The molecule has 0 aliphatic carbocycles. The van der Waals surface area contributed by atoms with Crippen LogP contribution in [0.5, 0.6) is 5.75 Å². The number of carbonyl (C=O) groups excluding carboxylic acids is 1. The van der Waals surface area contributed by atoms with Gasteiger partial charge >= 0.3 is 0 Å². The van der Waals surface area contributed by atoms with E-state index in [0.717, 1.165) is 12.1 Å². The number of amides is 1. The number of morpholine rings is 1. The van der Waals surface area contributed by atoms with E-state index in [2.05, 4.69) is 10.6 Å². The minimum atomic E-state index is -0.440. The maximum absolute atomic E-state index is 12.1. The SMILES string of the molecule is CCOc1cc(C)ccc1NC(=O)C1CNCCO1. The highest BCUT2D eigenvalue weighted by Gasteiger charge is 2.22. The van der Waals surface area contributed by atoms with Crippen LogP contribution in [0.2, 0.25) is 0 Å². The van der Waals surface area contributed by atoms with Crippen molar-refractivity contribution in [3.63, 3.8) is 0 Å². The van der Waals surface area contributed by atoms with E-state index in [0.29, 0.717) is 31.2 Å². The zero-order chi connectivity index (χ0) is 13.7. The van der Waals surface area contributed by atoms with Crippen LogP contribution >= 0.6 is 0 Å². The van der Waals surface area contributed by atoms with Crippen molar-refractivity contribution in [1.82, 2.24) is 5.32 Å². The molecule has 1 saturated heterocycles. The van der Waals surface area contributed by atoms with Crippen LogP contribution in [0.25, 0.3) is 0 Å². The molecule has 104 valence electrons. The summed E-state index contributed by atoms with van der Waals surface area (Å²) in [6.45, 7) is 6.36. The fraction of sp³-hybridized carbons (Fsp3) is 0.500. The summed E-state index contributed by atoms with van der Waals surface area (Å²) in [6.07, 6.45) is -0.440. The predicted octanol–water partition coefficient (Wildman–Crippen LogP) is 1.32. The third-order valence-corrected chi connectivity index (χ3v) is 2.91. The molecule has 1 aliphatic heterocycles. The number of ether oxygens (including phenoxy) is 2. The number of benzene rings is 1. The van der Waals surface area contributed by atoms with Crippen molar-refractivity contribution in [1.29, 1.82) is 0 Å². The highest BCUT2D eigenvalue weighted by molar-refractivity contribution is 5.95. The second-order valence-electron chi connectivity index (χ2n) is 4.49. The van der Waals surface area contributed by atoms with Crippen LogP contribution < -0.4 is 15.4 Å². The predicted molar refractivity (Wildman–Crippen MR) is 73.6 cm³/mol. The van der Waals surface area contributed by atoms with E-state index in [1.807, 2.05) is 32.0 Å². The average molecular weight is 264 g/mol. The van der Waals surface area contributed by atoms with Gasteiger partial charge in [-0.15, -0.1) is 0 Å². The molecule has 0 aromatic heterocycles. The molecule has 2 N–H and O–H groups in total.